The number of hydrogen-bond acceptors (Lipinski definition) is 5. The minimum Gasteiger partial charge on any atom is -0.383 e. The number of nitrogens with two attached hydrogens (primary N) is 1. The van der Waals surface area contributed by atoms with Gasteiger partial charge in [-0.25, -0.2) is 9.78 Å². The molecule has 8 heteroatoms. The van der Waals surface area contributed by atoms with Gasteiger partial charge in [0.1, 0.15) is 5.82 Å². The summed E-state index contributed by atoms with van der Waals surface area (Å²) in [7, 11) is 2.91. The third-order valence-corrected chi connectivity index (χ3v) is 4.69. The van der Waals surface area contributed by atoms with Gasteiger partial charge in [-0.1, -0.05) is 25.1 Å². The van der Waals surface area contributed by atoms with Crippen LogP contribution in [0.3, 0.4) is 0 Å². The van der Waals surface area contributed by atoms with Crippen molar-refractivity contribution in [2.75, 3.05) is 11.1 Å². The van der Waals surface area contributed by atoms with Crippen molar-refractivity contribution in [2.45, 2.75) is 20.3 Å². The van der Waals surface area contributed by atoms with Crippen molar-refractivity contribution < 1.29 is 4.79 Å². The zero-order valence-electron chi connectivity index (χ0n) is 15.7. The topological polar surface area (TPSA) is 112 Å². The van der Waals surface area contributed by atoms with E-state index in [1.54, 1.807) is 6.07 Å². The number of anilines is 2. The molecule has 27 heavy (non-hydrogen) atoms. The van der Waals surface area contributed by atoms with E-state index in [9.17, 15) is 14.4 Å². The van der Waals surface area contributed by atoms with E-state index in [4.69, 9.17) is 5.73 Å². The van der Waals surface area contributed by atoms with Crippen molar-refractivity contribution >= 4 is 28.4 Å². The standard InChI is InChI=1S/C19H21N5O3/c1-5-11-13(17(25)21-12-9-7-6-8-10(12)2)15(20)22-16-14(11)18(26)24(4)19(27)23(16)3/h6-9H,5H2,1-4H3,(H2,20,22)(H,21,25). The summed E-state index contributed by atoms with van der Waals surface area (Å²) in [5.74, 6) is -0.461. The molecule has 0 aliphatic heterocycles. The van der Waals surface area contributed by atoms with Crippen molar-refractivity contribution in [3.63, 3.8) is 0 Å². The minimum absolute atomic E-state index is 0.0197. The van der Waals surface area contributed by atoms with Gasteiger partial charge in [0.15, 0.2) is 5.65 Å². The summed E-state index contributed by atoms with van der Waals surface area (Å²) in [6.45, 7) is 3.70. The first-order valence-electron chi connectivity index (χ1n) is 8.53. The fourth-order valence-corrected chi connectivity index (χ4v) is 3.18. The van der Waals surface area contributed by atoms with Crippen LogP contribution in [0.4, 0.5) is 11.5 Å². The second-order valence-corrected chi connectivity index (χ2v) is 6.38. The minimum atomic E-state index is -0.501. The number of aryl methyl sites for hydroxylation is 3. The normalized spacial score (nSPS) is 11.0. The number of pyridine rings is 1. The number of fused-ring (bicyclic) bond motifs is 1. The third kappa shape index (κ3) is 2.88. The summed E-state index contributed by atoms with van der Waals surface area (Å²) in [6.07, 6.45) is 0.382. The average molecular weight is 367 g/mol. The van der Waals surface area contributed by atoms with Crippen LogP contribution in [0.1, 0.15) is 28.4 Å². The van der Waals surface area contributed by atoms with Crippen LogP contribution in [0, 0.1) is 6.92 Å². The molecule has 3 aromatic rings. The Morgan fingerprint density at radius 3 is 2.48 bits per heavy atom. The zero-order chi connectivity index (χ0) is 19.9. The number of para-hydroxylation sites is 1. The number of carbonyl (C=O) groups excluding carboxylic acids is 1. The summed E-state index contributed by atoms with van der Waals surface area (Å²) in [6, 6.07) is 7.35. The Kier molecular flexibility index (Phi) is 4.57. The van der Waals surface area contributed by atoms with Gasteiger partial charge in [-0.15, -0.1) is 0 Å². The lowest BCUT2D eigenvalue weighted by Gasteiger charge is -2.16. The molecule has 0 radical (unpaired) electrons. The van der Waals surface area contributed by atoms with Gasteiger partial charge < -0.3 is 11.1 Å². The van der Waals surface area contributed by atoms with Gasteiger partial charge in [-0.05, 0) is 30.5 Å². The molecular weight excluding hydrogens is 346 g/mol. The fraction of sp³-hybridized carbons (Fsp3) is 0.263. The number of nitrogens with one attached hydrogen (secondary N) is 1. The van der Waals surface area contributed by atoms with Crippen molar-refractivity contribution in [3.8, 4) is 0 Å². The van der Waals surface area contributed by atoms with Crippen molar-refractivity contribution in [3.05, 3.63) is 61.8 Å². The Hall–Kier alpha value is -3.42. The molecule has 2 aromatic heterocycles. The van der Waals surface area contributed by atoms with Gasteiger partial charge >= 0.3 is 5.69 Å². The average Bonchev–Trinajstić information content (AvgIpc) is 2.65. The number of carbonyl (C=O) groups is 1. The molecular formula is C19H21N5O3. The number of aromatic nitrogens is 3. The number of hydrogen-bond donors (Lipinski definition) is 2. The highest BCUT2D eigenvalue weighted by atomic mass is 16.2. The van der Waals surface area contributed by atoms with E-state index in [0.717, 1.165) is 10.1 Å². The van der Waals surface area contributed by atoms with E-state index in [-0.39, 0.29) is 22.4 Å². The van der Waals surface area contributed by atoms with Gasteiger partial charge in [0, 0.05) is 19.8 Å². The second-order valence-electron chi connectivity index (χ2n) is 6.38. The number of nitrogen functional groups attached to an aromatic ring is 1. The van der Waals surface area contributed by atoms with E-state index in [2.05, 4.69) is 10.3 Å². The van der Waals surface area contributed by atoms with E-state index < -0.39 is 17.2 Å². The predicted octanol–water partition coefficient (Wildman–Crippen LogP) is 1.34. The molecule has 0 aliphatic rings. The van der Waals surface area contributed by atoms with Gasteiger partial charge in [-0.2, -0.15) is 0 Å². The highest BCUT2D eigenvalue weighted by Gasteiger charge is 2.23. The maximum atomic E-state index is 13.0. The van der Waals surface area contributed by atoms with Crippen LogP contribution in [0.2, 0.25) is 0 Å². The lowest BCUT2D eigenvalue weighted by molar-refractivity contribution is 0.102. The number of benzene rings is 1. The van der Waals surface area contributed by atoms with Gasteiger partial charge in [0.25, 0.3) is 11.5 Å². The molecule has 0 saturated heterocycles. The highest BCUT2D eigenvalue weighted by Crippen LogP contribution is 2.24. The largest absolute Gasteiger partial charge is 0.383 e. The van der Waals surface area contributed by atoms with E-state index in [1.165, 1.54) is 18.7 Å². The van der Waals surface area contributed by atoms with Crippen LogP contribution in [-0.2, 0) is 20.5 Å². The van der Waals surface area contributed by atoms with Crippen molar-refractivity contribution in [1.29, 1.82) is 0 Å². The maximum absolute atomic E-state index is 13.0. The first-order chi connectivity index (χ1) is 12.8. The third-order valence-electron chi connectivity index (χ3n) is 4.69. The molecule has 8 nitrogen and oxygen atoms in total. The molecule has 3 rings (SSSR count). The van der Waals surface area contributed by atoms with E-state index >= 15 is 0 Å². The van der Waals surface area contributed by atoms with Crippen LogP contribution < -0.4 is 22.3 Å². The van der Waals surface area contributed by atoms with Gasteiger partial charge in [0.05, 0.1) is 10.9 Å². The van der Waals surface area contributed by atoms with Crippen LogP contribution >= 0.6 is 0 Å². The summed E-state index contributed by atoms with van der Waals surface area (Å²) in [5, 5.41) is 3.06. The van der Waals surface area contributed by atoms with Crippen molar-refractivity contribution in [1.82, 2.24) is 14.1 Å². The van der Waals surface area contributed by atoms with Crippen LogP contribution in [0.5, 0.6) is 0 Å². The lowest BCUT2D eigenvalue weighted by Crippen LogP contribution is -2.38. The Morgan fingerprint density at radius 1 is 1.19 bits per heavy atom. The molecule has 0 atom stereocenters. The monoisotopic (exact) mass is 367 g/mol. The number of amides is 1. The van der Waals surface area contributed by atoms with E-state index in [0.29, 0.717) is 17.7 Å². The molecule has 0 saturated carbocycles. The second kappa shape index (κ2) is 6.71. The quantitative estimate of drug-likeness (QED) is 0.725. The smallest absolute Gasteiger partial charge is 0.332 e. The van der Waals surface area contributed by atoms with Gasteiger partial charge in [-0.3, -0.25) is 18.7 Å². The first kappa shape index (κ1) is 18.4. The molecule has 0 aliphatic carbocycles. The van der Waals surface area contributed by atoms with Crippen LogP contribution in [0.15, 0.2) is 33.9 Å². The lowest BCUT2D eigenvalue weighted by atomic mass is 10.0. The Labute approximate surface area is 155 Å². The number of rotatable bonds is 3. The highest BCUT2D eigenvalue weighted by molar-refractivity contribution is 6.11. The SMILES string of the molecule is CCc1c(C(=O)Nc2ccccc2C)c(N)nc2c1c(=O)n(C)c(=O)n2C. The summed E-state index contributed by atoms with van der Waals surface area (Å²) < 4.78 is 2.26. The molecule has 0 spiro atoms. The molecule has 2 heterocycles. The zero-order valence-corrected chi connectivity index (χ0v) is 15.7. The molecule has 0 fully saturated rings. The Balaban J connectivity index is 2.29. The Morgan fingerprint density at radius 2 is 1.85 bits per heavy atom. The summed E-state index contributed by atoms with van der Waals surface area (Å²) in [5.41, 5.74) is 7.42. The maximum Gasteiger partial charge on any atom is 0.332 e. The summed E-state index contributed by atoms with van der Waals surface area (Å²) in [4.78, 5) is 42.0. The van der Waals surface area contributed by atoms with Gasteiger partial charge in [0.2, 0.25) is 0 Å². The van der Waals surface area contributed by atoms with Crippen molar-refractivity contribution in [2.24, 2.45) is 14.1 Å². The molecule has 0 unspecified atom stereocenters. The van der Waals surface area contributed by atoms with E-state index in [1.807, 2.05) is 32.0 Å². The fourth-order valence-electron chi connectivity index (χ4n) is 3.18. The molecule has 3 N–H and O–H groups in total. The number of nitrogens with zero attached hydrogens (tertiary/aromatic N) is 3. The first-order valence-corrected chi connectivity index (χ1v) is 8.53. The molecule has 140 valence electrons. The Bertz CT molecular complexity index is 1190. The molecule has 1 amide bonds. The predicted molar refractivity (Wildman–Crippen MR) is 105 cm³/mol. The van der Waals surface area contributed by atoms with Crippen LogP contribution in [-0.4, -0.2) is 20.0 Å². The molecule has 0 bridgehead atoms. The van der Waals surface area contributed by atoms with Crippen LogP contribution in [0.25, 0.3) is 11.0 Å². The molecule has 1 aromatic carbocycles. The summed E-state index contributed by atoms with van der Waals surface area (Å²) >= 11 is 0.